The topological polar surface area (TPSA) is 74.5 Å². The van der Waals surface area contributed by atoms with E-state index in [1.807, 2.05) is 26.0 Å². The zero-order valence-electron chi connectivity index (χ0n) is 11.9. The van der Waals surface area contributed by atoms with Crippen molar-refractivity contribution in [3.8, 4) is 0 Å². The summed E-state index contributed by atoms with van der Waals surface area (Å²) in [7, 11) is 7.62. The standard InChI is InChI=1S/C12H21N5O2/c1-13-11-8-10(17(18)19)9-12(14-11)16(4)7-5-6-15(2)3/h8-9H,5-7H2,1-4H3,(H,13,14). The molecule has 0 amide bonds. The zero-order valence-corrected chi connectivity index (χ0v) is 11.9. The van der Waals surface area contributed by atoms with Crippen molar-refractivity contribution in [2.45, 2.75) is 6.42 Å². The maximum absolute atomic E-state index is 10.9. The van der Waals surface area contributed by atoms with Crippen molar-refractivity contribution in [2.75, 3.05) is 51.5 Å². The molecule has 1 aromatic rings. The Morgan fingerprint density at radius 1 is 1.32 bits per heavy atom. The molecule has 0 aromatic carbocycles. The van der Waals surface area contributed by atoms with E-state index in [4.69, 9.17) is 0 Å². The van der Waals surface area contributed by atoms with Crippen molar-refractivity contribution in [2.24, 2.45) is 0 Å². The van der Waals surface area contributed by atoms with Gasteiger partial charge < -0.3 is 15.1 Å². The van der Waals surface area contributed by atoms with Crippen molar-refractivity contribution >= 4 is 17.3 Å². The largest absolute Gasteiger partial charge is 0.373 e. The fourth-order valence-corrected chi connectivity index (χ4v) is 1.67. The fraction of sp³-hybridized carbons (Fsp3) is 0.583. The van der Waals surface area contributed by atoms with E-state index in [2.05, 4.69) is 15.2 Å². The lowest BCUT2D eigenvalue weighted by atomic mass is 10.3. The van der Waals surface area contributed by atoms with E-state index in [1.165, 1.54) is 12.1 Å². The Kier molecular flexibility index (Phi) is 5.50. The Hall–Kier alpha value is -1.89. The van der Waals surface area contributed by atoms with Crippen LogP contribution in [0.1, 0.15) is 6.42 Å². The number of rotatable bonds is 7. The van der Waals surface area contributed by atoms with Crippen LogP contribution >= 0.6 is 0 Å². The van der Waals surface area contributed by atoms with Gasteiger partial charge in [-0.1, -0.05) is 0 Å². The summed E-state index contributed by atoms with van der Waals surface area (Å²) in [5.41, 5.74) is 0.0498. The Bertz CT molecular complexity index is 436. The number of nitrogens with one attached hydrogen (secondary N) is 1. The first-order valence-electron chi connectivity index (χ1n) is 6.14. The molecule has 1 aromatic heterocycles. The SMILES string of the molecule is CNc1cc([N+](=O)[O-])cc(N(C)CCCN(C)C)n1. The van der Waals surface area contributed by atoms with Crippen LogP contribution in [0, 0.1) is 10.1 Å². The van der Waals surface area contributed by atoms with Gasteiger partial charge in [0.25, 0.3) is 5.69 Å². The highest BCUT2D eigenvalue weighted by atomic mass is 16.6. The van der Waals surface area contributed by atoms with E-state index in [-0.39, 0.29) is 5.69 Å². The molecule has 0 saturated carbocycles. The molecule has 0 unspecified atom stereocenters. The predicted octanol–water partition coefficient (Wildman–Crippen LogP) is 1.42. The van der Waals surface area contributed by atoms with Gasteiger partial charge >= 0.3 is 0 Å². The van der Waals surface area contributed by atoms with Gasteiger partial charge in [-0.05, 0) is 27.1 Å². The summed E-state index contributed by atoms with van der Waals surface area (Å²) in [5.74, 6) is 1.11. The minimum Gasteiger partial charge on any atom is -0.373 e. The van der Waals surface area contributed by atoms with Gasteiger partial charge in [-0.3, -0.25) is 10.1 Å². The summed E-state index contributed by atoms with van der Waals surface area (Å²) >= 11 is 0. The van der Waals surface area contributed by atoms with Crippen LogP contribution in [0.3, 0.4) is 0 Å². The van der Waals surface area contributed by atoms with Gasteiger partial charge in [0.05, 0.1) is 17.1 Å². The second kappa shape index (κ2) is 6.89. The van der Waals surface area contributed by atoms with Crippen LogP contribution < -0.4 is 10.2 Å². The Balaban J connectivity index is 2.80. The number of pyridine rings is 1. The molecule has 0 radical (unpaired) electrons. The average molecular weight is 267 g/mol. The van der Waals surface area contributed by atoms with Crippen LogP contribution in [0.5, 0.6) is 0 Å². The average Bonchev–Trinajstić information content (AvgIpc) is 2.37. The molecular formula is C12H21N5O2. The maximum Gasteiger partial charge on any atom is 0.276 e. The highest BCUT2D eigenvalue weighted by Crippen LogP contribution is 2.22. The van der Waals surface area contributed by atoms with E-state index < -0.39 is 4.92 Å². The van der Waals surface area contributed by atoms with Crippen molar-refractivity contribution in [3.05, 3.63) is 22.2 Å². The Morgan fingerprint density at radius 3 is 2.53 bits per heavy atom. The van der Waals surface area contributed by atoms with Crippen LogP contribution in [0.4, 0.5) is 17.3 Å². The van der Waals surface area contributed by atoms with Crippen molar-refractivity contribution in [3.63, 3.8) is 0 Å². The van der Waals surface area contributed by atoms with E-state index in [9.17, 15) is 10.1 Å². The summed E-state index contributed by atoms with van der Waals surface area (Å²) < 4.78 is 0. The number of aromatic nitrogens is 1. The first-order chi connectivity index (χ1) is 8.93. The third-order valence-electron chi connectivity index (χ3n) is 2.75. The van der Waals surface area contributed by atoms with Crippen LogP contribution in [0.25, 0.3) is 0 Å². The van der Waals surface area contributed by atoms with Gasteiger partial charge in [0.1, 0.15) is 11.6 Å². The highest BCUT2D eigenvalue weighted by molar-refractivity contribution is 5.55. The van der Waals surface area contributed by atoms with E-state index in [0.717, 1.165) is 19.5 Å². The monoisotopic (exact) mass is 267 g/mol. The first kappa shape index (κ1) is 15.2. The molecule has 7 nitrogen and oxygen atoms in total. The molecule has 1 rings (SSSR count). The zero-order chi connectivity index (χ0) is 14.4. The smallest absolute Gasteiger partial charge is 0.276 e. The first-order valence-corrected chi connectivity index (χ1v) is 6.14. The molecule has 0 fully saturated rings. The number of anilines is 2. The summed E-state index contributed by atoms with van der Waals surface area (Å²) in [4.78, 5) is 18.8. The lowest BCUT2D eigenvalue weighted by Gasteiger charge is -2.19. The molecule has 106 valence electrons. The summed E-state index contributed by atoms with van der Waals surface area (Å²) in [5, 5.41) is 13.7. The molecule has 1 heterocycles. The predicted molar refractivity (Wildman–Crippen MR) is 76.9 cm³/mol. The number of hydrogen-bond acceptors (Lipinski definition) is 6. The lowest BCUT2D eigenvalue weighted by molar-refractivity contribution is -0.384. The van der Waals surface area contributed by atoms with Gasteiger partial charge in [0.2, 0.25) is 0 Å². The van der Waals surface area contributed by atoms with Gasteiger partial charge in [0, 0.05) is 20.6 Å². The van der Waals surface area contributed by atoms with Gasteiger partial charge in [-0.2, -0.15) is 0 Å². The quantitative estimate of drug-likeness (QED) is 0.595. The second-order valence-corrected chi connectivity index (χ2v) is 4.65. The number of hydrogen-bond donors (Lipinski definition) is 1. The molecule has 1 N–H and O–H groups in total. The van der Waals surface area contributed by atoms with E-state index in [1.54, 1.807) is 7.05 Å². The molecule has 0 saturated heterocycles. The van der Waals surface area contributed by atoms with Crippen LogP contribution in [0.15, 0.2) is 12.1 Å². The summed E-state index contributed by atoms with van der Waals surface area (Å²) in [6.07, 6.45) is 0.975. The normalized spacial score (nSPS) is 10.6. The Morgan fingerprint density at radius 2 is 2.00 bits per heavy atom. The van der Waals surface area contributed by atoms with Crippen molar-refractivity contribution < 1.29 is 4.92 Å². The Labute approximate surface area is 113 Å². The minimum atomic E-state index is -0.403. The third kappa shape index (κ3) is 4.70. The summed E-state index contributed by atoms with van der Waals surface area (Å²) in [6.45, 7) is 1.77. The van der Waals surface area contributed by atoms with Crippen LogP contribution in [-0.4, -0.2) is 56.1 Å². The van der Waals surface area contributed by atoms with Gasteiger partial charge in [0.15, 0.2) is 0 Å². The van der Waals surface area contributed by atoms with E-state index >= 15 is 0 Å². The molecular weight excluding hydrogens is 246 g/mol. The molecule has 7 heteroatoms. The van der Waals surface area contributed by atoms with Gasteiger partial charge in [-0.15, -0.1) is 0 Å². The minimum absolute atomic E-state index is 0.0498. The molecule has 0 aliphatic carbocycles. The van der Waals surface area contributed by atoms with Crippen molar-refractivity contribution in [1.29, 1.82) is 0 Å². The highest BCUT2D eigenvalue weighted by Gasteiger charge is 2.13. The summed E-state index contributed by atoms with van der Waals surface area (Å²) in [6, 6.07) is 2.92. The van der Waals surface area contributed by atoms with Crippen LogP contribution in [0.2, 0.25) is 0 Å². The fourth-order valence-electron chi connectivity index (χ4n) is 1.67. The van der Waals surface area contributed by atoms with Crippen molar-refractivity contribution in [1.82, 2.24) is 9.88 Å². The molecule has 0 aliphatic heterocycles. The van der Waals surface area contributed by atoms with E-state index in [0.29, 0.717) is 11.6 Å². The molecule has 0 spiro atoms. The second-order valence-electron chi connectivity index (χ2n) is 4.65. The van der Waals surface area contributed by atoms with Crippen LogP contribution in [-0.2, 0) is 0 Å². The van der Waals surface area contributed by atoms with Gasteiger partial charge in [-0.25, -0.2) is 4.98 Å². The molecule has 0 atom stereocenters. The maximum atomic E-state index is 10.9. The number of nitro groups is 1. The molecule has 0 bridgehead atoms. The molecule has 19 heavy (non-hydrogen) atoms. The molecule has 0 aliphatic rings. The number of nitrogens with zero attached hydrogens (tertiary/aromatic N) is 4. The lowest BCUT2D eigenvalue weighted by Crippen LogP contribution is -2.24. The third-order valence-corrected chi connectivity index (χ3v) is 2.75.